The molecule has 0 spiro atoms. The van der Waals surface area contributed by atoms with Gasteiger partial charge in [-0.2, -0.15) is 5.10 Å². The predicted octanol–water partition coefficient (Wildman–Crippen LogP) is 2.55. The summed E-state index contributed by atoms with van der Waals surface area (Å²) in [6.07, 6.45) is 12.4. The first-order chi connectivity index (χ1) is 12.3. The van der Waals surface area contributed by atoms with Crippen LogP contribution in [0.4, 0.5) is 5.82 Å². The monoisotopic (exact) mass is 343 g/mol. The van der Waals surface area contributed by atoms with Crippen LogP contribution < -0.4 is 4.90 Å². The Balaban J connectivity index is 1.71. The summed E-state index contributed by atoms with van der Waals surface area (Å²) in [6.45, 7) is 1.11. The van der Waals surface area contributed by atoms with Crippen LogP contribution in [0.5, 0.6) is 0 Å². The molecule has 0 N–H and O–H groups in total. The van der Waals surface area contributed by atoms with Crippen LogP contribution in [-0.4, -0.2) is 45.4 Å². The Morgan fingerprint density at radius 2 is 2.00 bits per heavy atom. The van der Waals surface area contributed by atoms with E-state index >= 15 is 0 Å². The second-order valence-corrected chi connectivity index (χ2v) is 7.11. The molecule has 2 fully saturated rings. The Morgan fingerprint density at radius 1 is 1.20 bits per heavy atom. The summed E-state index contributed by atoms with van der Waals surface area (Å²) in [5.41, 5.74) is 0.701. The fourth-order valence-corrected chi connectivity index (χ4v) is 4.46. The lowest BCUT2D eigenvalue weighted by Gasteiger charge is -2.39. The zero-order valence-corrected chi connectivity index (χ0v) is 14.7. The van der Waals surface area contributed by atoms with Crippen molar-refractivity contribution in [3.8, 4) is 0 Å². The summed E-state index contributed by atoms with van der Waals surface area (Å²) in [4.78, 5) is 23.1. The number of esters is 1. The molecule has 2 aliphatic rings. The van der Waals surface area contributed by atoms with Gasteiger partial charge in [-0.05, 0) is 31.6 Å². The molecule has 2 unspecified atom stereocenters. The molecule has 0 radical (unpaired) electrons. The van der Waals surface area contributed by atoms with Crippen LogP contribution in [0.25, 0.3) is 11.0 Å². The molecule has 0 amide bonds. The number of rotatable bonds is 3. The van der Waals surface area contributed by atoms with Crippen LogP contribution in [-0.2, 0) is 16.1 Å². The van der Waals surface area contributed by atoms with Gasteiger partial charge in [0.15, 0.2) is 5.65 Å². The number of ether oxygens (including phenoxy) is 1. The topological polar surface area (TPSA) is 73.1 Å². The van der Waals surface area contributed by atoms with Crippen molar-refractivity contribution in [3.05, 3.63) is 12.5 Å². The molecular formula is C18H25N5O2. The highest BCUT2D eigenvalue weighted by Crippen LogP contribution is 2.38. The van der Waals surface area contributed by atoms with Crippen LogP contribution in [0.15, 0.2) is 12.5 Å². The SMILES string of the molecule is COC(=O)Cn1ncc2c(N3CCCCC4CCCCC43)ncnc21. The van der Waals surface area contributed by atoms with Crippen molar-refractivity contribution < 1.29 is 9.53 Å². The Morgan fingerprint density at radius 3 is 2.84 bits per heavy atom. The fraction of sp³-hybridized carbons (Fsp3) is 0.667. The second kappa shape index (κ2) is 6.98. The molecule has 2 aromatic rings. The highest BCUT2D eigenvalue weighted by atomic mass is 16.5. The largest absolute Gasteiger partial charge is 0.468 e. The van der Waals surface area contributed by atoms with Crippen LogP contribution in [0.3, 0.4) is 0 Å². The quantitative estimate of drug-likeness (QED) is 0.798. The number of nitrogens with zero attached hydrogens (tertiary/aromatic N) is 5. The average Bonchev–Trinajstić information content (AvgIpc) is 2.93. The van der Waals surface area contributed by atoms with E-state index in [-0.39, 0.29) is 12.5 Å². The van der Waals surface area contributed by atoms with Gasteiger partial charge in [0.1, 0.15) is 18.7 Å². The van der Waals surface area contributed by atoms with Crippen LogP contribution in [0, 0.1) is 5.92 Å². The standard InChI is InChI=1S/C18H25N5O2/c1-25-16(24)11-23-18-14(10-21-23)17(19-12-20-18)22-9-5-4-7-13-6-2-3-8-15(13)22/h10,12-13,15H,2-9,11H2,1H3. The zero-order valence-electron chi connectivity index (χ0n) is 14.7. The maximum absolute atomic E-state index is 11.6. The predicted molar refractivity (Wildman–Crippen MR) is 94.3 cm³/mol. The normalized spacial score (nSPS) is 24.0. The van der Waals surface area contributed by atoms with Crippen LogP contribution in [0.1, 0.15) is 44.9 Å². The molecule has 7 nitrogen and oxygen atoms in total. The fourth-order valence-electron chi connectivity index (χ4n) is 4.46. The molecule has 25 heavy (non-hydrogen) atoms. The van der Waals surface area contributed by atoms with Gasteiger partial charge in [0.25, 0.3) is 0 Å². The van der Waals surface area contributed by atoms with E-state index in [1.54, 1.807) is 17.2 Å². The second-order valence-electron chi connectivity index (χ2n) is 7.11. The van der Waals surface area contributed by atoms with Gasteiger partial charge in [-0.3, -0.25) is 4.79 Å². The van der Waals surface area contributed by atoms with E-state index in [0.29, 0.717) is 11.7 Å². The average molecular weight is 343 g/mol. The molecule has 0 bridgehead atoms. The molecule has 3 heterocycles. The molecule has 2 atom stereocenters. The Hall–Kier alpha value is -2.18. The first-order valence-electron chi connectivity index (χ1n) is 9.28. The van der Waals surface area contributed by atoms with E-state index in [2.05, 4.69) is 20.0 Å². The summed E-state index contributed by atoms with van der Waals surface area (Å²) >= 11 is 0. The van der Waals surface area contributed by atoms with Gasteiger partial charge in [0.2, 0.25) is 0 Å². The summed E-state index contributed by atoms with van der Waals surface area (Å²) in [7, 11) is 1.38. The third-order valence-corrected chi connectivity index (χ3v) is 5.68. The number of carbonyl (C=O) groups excluding carboxylic acids is 1. The van der Waals surface area contributed by atoms with E-state index < -0.39 is 0 Å². The summed E-state index contributed by atoms with van der Waals surface area (Å²) in [5, 5.41) is 5.28. The van der Waals surface area contributed by atoms with Crippen molar-refractivity contribution in [1.29, 1.82) is 0 Å². The number of fused-ring (bicyclic) bond motifs is 2. The maximum Gasteiger partial charge on any atom is 0.327 e. The highest BCUT2D eigenvalue weighted by Gasteiger charge is 2.33. The van der Waals surface area contributed by atoms with Crippen molar-refractivity contribution in [2.24, 2.45) is 5.92 Å². The van der Waals surface area contributed by atoms with E-state index in [4.69, 9.17) is 4.74 Å². The lowest BCUT2D eigenvalue weighted by molar-refractivity contribution is -0.141. The van der Waals surface area contributed by atoms with E-state index in [1.165, 1.54) is 52.1 Å². The van der Waals surface area contributed by atoms with Crippen LogP contribution >= 0.6 is 0 Å². The minimum Gasteiger partial charge on any atom is -0.468 e. The molecule has 7 heteroatoms. The number of hydrogen-bond donors (Lipinski definition) is 0. The molecule has 0 aromatic carbocycles. The third kappa shape index (κ3) is 3.07. The molecule has 134 valence electrons. The molecule has 1 saturated carbocycles. The maximum atomic E-state index is 11.6. The molecule has 1 saturated heterocycles. The third-order valence-electron chi connectivity index (χ3n) is 5.68. The van der Waals surface area contributed by atoms with Crippen molar-refractivity contribution in [2.45, 2.75) is 57.5 Å². The number of carbonyl (C=O) groups is 1. The van der Waals surface area contributed by atoms with Gasteiger partial charge >= 0.3 is 5.97 Å². The molecule has 2 aromatic heterocycles. The molecular weight excluding hydrogens is 318 g/mol. The summed E-state index contributed by atoms with van der Waals surface area (Å²) in [5.74, 6) is 1.42. The van der Waals surface area contributed by atoms with E-state index in [1.807, 2.05) is 0 Å². The van der Waals surface area contributed by atoms with Crippen LogP contribution in [0.2, 0.25) is 0 Å². The minimum absolute atomic E-state index is 0.0719. The number of methoxy groups -OCH3 is 1. The van der Waals surface area contributed by atoms with Crippen molar-refractivity contribution in [3.63, 3.8) is 0 Å². The van der Waals surface area contributed by atoms with E-state index in [9.17, 15) is 4.79 Å². The Labute approximate surface area is 147 Å². The van der Waals surface area contributed by atoms with Gasteiger partial charge in [0.05, 0.1) is 18.7 Å². The number of anilines is 1. The van der Waals surface area contributed by atoms with Crippen molar-refractivity contribution in [1.82, 2.24) is 19.7 Å². The Kier molecular flexibility index (Phi) is 4.55. The summed E-state index contributed by atoms with van der Waals surface area (Å²) in [6, 6.07) is 0.568. The lowest BCUT2D eigenvalue weighted by Crippen LogP contribution is -2.42. The van der Waals surface area contributed by atoms with Crippen molar-refractivity contribution >= 4 is 22.8 Å². The van der Waals surface area contributed by atoms with Gasteiger partial charge in [-0.25, -0.2) is 14.6 Å². The van der Waals surface area contributed by atoms with E-state index in [0.717, 1.165) is 23.7 Å². The highest BCUT2D eigenvalue weighted by molar-refractivity contribution is 5.87. The van der Waals surface area contributed by atoms with Gasteiger partial charge in [-0.15, -0.1) is 0 Å². The van der Waals surface area contributed by atoms with Gasteiger partial charge < -0.3 is 9.64 Å². The first-order valence-corrected chi connectivity index (χ1v) is 9.28. The zero-order chi connectivity index (χ0) is 17.2. The minimum atomic E-state index is -0.327. The smallest absolute Gasteiger partial charge is 0.327 e. The van der Waals surface area contributed by atoms with Crippen molar-refractivity contribution in [2.75, 3.05) is 18.6 Å². The van der Waals surface area contributed by atoms with Gasteiger partial charge in [-0.1, -0.05) is 19.3 Å². The molecule has 1 aliphatic carbocycles. The molecule has 4 rings (SSSR count). The Bertz CT molecular complexity index is 759. The lowest BCUT2D eigenvalue weighted by atomic mass is 9.81. The number of hydrogen-bond acceptors (Lipinski definition) is 6. The summed E-state index contributed by atoms with van der Waals surface area (Å²) < 4.78 is 6.35. The first kappa shape index (κ1) is 16.3. The van der Waals surface area contributed by atoms with Gasteiger partial charge in [0, 0.05) is 12.6 Å². The number of aromatic nitrogens is 4. The molecule has 1 aliphatic heterocycles.